The van der Waals surface area contributed by atoms with Crippen LogP contribution >= 0.6 is 0 Å². The molecule has 94 valence electrons. The van der Waals surface area contributed by atoms with Crippen LogP contribution in [0, 0.1) is 0 Å². The topological polar surface area (TPSA) is 107 Å². The molecule has 0 radical (unpaired) electrons. The highest BCUT2D eigenvalue weighted by molar-refractivity contribution is 5.95. The molecule has 0 heterocycles. The maximum atomic E-state index is 11.1. The van der Waals surface area contributed by atoms with Crippen molar-refractivity contribution in [3.05, 3.63) is 23.8 Å². The van der Waals surface area contributed by atoms with Crippen LogP contribution in [0.4, 0.5) is 11.4 Å². The molecule has 0 unspecified atom stereocenters. The maximum absolute atomic E-state index is 11.1. The summed E-state index contributed by atoms with van der Waals surface area (Å²) in [5.41, 5.74) is 6.39. The zero-order chi connectivity index (χ0) is 12.8. The molecule has 0 saturated heterocycles. The zero-order valence-corrected chi connectivity index (χ0v) is 9.33. The number of aromatic carboxylic acids is 1. The summed E-state index contributed by atoms with van der Waals surface area (Å²) in [6.45, 7) is 0.266. The summed E-state index contributed by atoms with van der Waals surface area (Å²) in [7, 11) is 0. The van der Waals surface area contributed by atoms with Crippen molar-refractivity contribution < 1.29 is 20.1 Å². The van der Waals surface area contributed by atoms with Gasteiger partial charge in [0.15, 0.2) is 0 Å². The Kier molecular flexibility index (Phi) is 4.74. The van der Waals surface area contributed by atoms with Crippen LogP contribution in [0.2, 0.25) is 0 Å². The minimum absolute atomic E-state index is 0.0619. The number of carboxylic acid groups (broad SMARTS) is 1. The van der Waals surface area contributed by atoms with Gasteiger partial charge in [0.1, 0.15) is 0 Å². The fourth-order valence-corrected chi connectivity index (χ4v) is 1.59. The van der Waals surface area contributed by atoms with E-state index in [2.05, 4.69) is 0 Å². The summed E-state index contributed by atoms with van der Waals surface area (Å²) >= 11 is 0. The summed E-state index contributed by atoms with van der Waals surface area (Å²) in [6.07, 6.45) is 0. The van der Waals surface area contributed by atoms with Gasteiger partial charge in [0.25, 0.3) is 0 Å². The van der Waals surface area contributed by atoms with E-state index in [4.69, 9.17) is 21.1 Å². The van der Waals surface area contributed by atoms with E-state index < -0.39 is 5.97 Å². The van der Waals surface area contributed by atoms with Crippen molar-refractivity contribution >= 4 is 17.3 Å². The number of nitrogens with two attached hydrogens (primary N) is 1. The number of carbonyl (C=O) groups is 1. The van der Waals surface area contributed by atoms with Crippen LogP contribution in [0.15, 0.2) is 18.2 Å². The smallest absolute Gasteiger partial charge is 0.337 e. The molecule has 0 aliphatic rings. The third kappa shape index (κ3) is 3.33. The van der Waals surface area contributed by atoms with Crippen LogP contribution in [-0.4, -0.2) is 47.6 Å². The number of nitrogens with zero attached hydrogens (tertiary/aromatic N) is 1. The molecule has 5 N–H and O–H groups in total. The lowest BCUT2D eigenvalue weighted by molar-refractivity contribution is 0.0697. The summed E-state index contributed by atoms with van der Waals surface area (Å²) < 4.78 is 0. The summed E-state index contributed by atoms with van der Waals surface area (Å²) in [5, 5.41) is 26.9. The maximum Gasteiger partial charge on any atom is 0.337 e. The lowest BCUT2D eigenvalue weighted by Gasteiger charge is -2.24. The van der Waals surface area contributed by atoms with Crippen molar-refractivity contribution in [1.29, 1.82) is 0 Å². The molecule has 0 aliphatic carbocycles. The first-order chi connectivity index (χ1) is 8.10. The third-order valence-corrected chi connectivity index (χ3v) is 2.33. The SMILES string of the molecule is Nc1ccc(N(CCO)CCO)c(C(=O)O)c1. The fraction of sp³-hybridized carbons (Fsp3) is 0.364. The van der Waals surface area contributed by atoms with Gasteiger partial charge in [0, 0.05) is 18.8 Å². The number of carboxylic acids is 1. The van der Waals surface area contributed by atoms with E-state index in [9.17, 15) is 4.79 Å². The fourth-order valence-electron chi connectivity index (χ4n) is 1.59. The van der Waals surface area contributed by atoms with Gasteiger partial charge in [0.2, 0.25) is 0 Å². The van der Waals surface area contributed by atoms with E-state index >= 15 is 0 Å². The minimum Gasteiger partial charge on any atom is -0.478 e. The van der Waals surface area contributed by atoms with Crippen LogP contribution in [0.3, 0.4) is 0 Å². The van der Waals surface area contributed by atoms with Crippen LogP contribution in [0.1, 0.15) is 10.4 Å². The number of hydrogen-bond acceptors (Lipinski definition) is 5. The molecule has 1 aromatic carbocycles. The van der Waals surface area contributed by atoms with Gasteiger partial charge in [-0.2, -0.15) is 0 Å². The number of benzene rings is 1. The molecule has 0 spiro atoms. The average Bonchev–Trinajstić information content (AvgIpc) is 2.28. The first-order valence-corrected chi connectivity index (χ1v) is 5.19. The average molecular weight is 240 g/mol. The van der Waals surface area contributed by atoms with Gasteiger partial charge >= 0.3 is 5.97 Å². The van der Waals surface area contributed by atoms with Gasteiger partial charge in [-0.25, -0.2) is 4.79 Å². The molecule has 1 aromatic rings. The predicted molar refractivity (Wildman–Crippen MR) is 64.2 cm³/mol. The third-order valence-electron chi connectivity index (χ3n) is 2.33. The molecule has 0 aromatic heterocycles. The van der Waals surface area contributed by atoms with E-state index in [0.29, 0.717) is 11.4 Å². The Labute approximate surface area is 98.9 Å². The Bertz CT molecular complexity index is 389. The van der Waals surface area contributed by atoms with Crippen LogP contribution in [0.25, 0.3) is 0 Å². The standard InChI is InChI=1S/C11H16N2O4/c12-8-1-2-10(9(7-8)11(16)17)13(3-5-14)4-6-15/h1-2,7,14-15H,3-6,12H2,(H,16,17). The van der Waals surface area contributed by atoms with Gasteiger partial charge in [-0.15, -0.1) is 0 Å². The second-order valence-electron chi connectivity index (χ2n) is 3.52. The number of aliphatic hydroxyl groups excluding tert-OH is 2. The molecule has 0 bridgehead atoms. The molecule has 0 fully saturated rings. The zero-order valence-electron chi connectivity index (χ0n) is 9.33. The van der Waals surface area contributed by atoms with E-state index in [-0.39, 0.29) is 31.9 Å². The van der Waals surface area contributed by atoms with E-state index in [1.54, 1.807) is 17.0 Å². The molecule has 17 heavy (non-hydrogen) atoms. The summed E-state index contributed by atoms with van der Waals surface area (Å²) in [6, 6.07) is 4.52. The van der Waals surface area contributed by atoms with E-state index in [0.717, 1.165) is 0 Å². The van der Waals surface area contributed by atoms with Gasteiger partial charge in [0.05, 0.1) is 24.5 Å². The molecular weight excluding hydrogens is 224 g/mol. The van der Waals surface area contributed by atoms with Crippen molar-refractivity contribution in [2.75, 3.05) is 36.9 Å². The van der Waals surface area contributed by atoms with Crippen molar-refractivity contribution in [2.45, 2.75) is 0 Å². The number of hydrogen-bond donors (Lipinski definition) is 4. The monoisotopic (exact) mass is 240 g/mol. The van der Waals surface area contributed by atoms with Crippen LogP contribution < -0.4 is 10.6 Å². The first-order valence-electron chi connectivity index (χ1n) is 5.19. The highest BCUT2D eigenvalue weighted by Gasteiger charge is 2.15. The van der Waals surface area contributed by atoms with Crippen molar-refractivity contribution in [1.82, 2.24) is 0 Å². The van der Waals surface area contributed by atoms with Gasteiger partial charge in [-0.3, -0.25) is 0 Å². The molecule has 1 rings (SSSR count). The van der Waals surface area contributed by atoms with Crippen LogP contribution in [0.5, 0.6) is 0 Å². The highest BCUT2D eigenvalue weighted by atomic mass is 16.4. The predicted octanol–water partition coefficient (Wildman–Crippen LogP) is -0.242. The highest BCUT2D eigenvalue weighted by Crippen LogP contribution is 2.23. The molecule has 6 heteroatoms. The second-order valence-corrected chi connectivity index (χ2v) is 3.52. The minimum atomic E-state index is -1.09. The summed E-state index contributed by atoms with van der Waals surface area (Å²) in [5.74, 6) is -1.09. The summed E-state index contributed by atoms with van der Waals surface area (Å²) in [4.78, 5) is 12.7. The van der Waals surface area contributed by atoms with Crippen molar-refractivity contribution in [3.8, 4) is 0 Å². The Morgan fingerprint density at radius 1 is 1.24 bits per heavy atom. The largest absolute Gasteiger partial charge is 0.478 e. The Balaban J connectivity index is 3.12. The quantitative estimate of drug-likeness (QED) is 0.511. The number of rotatable bonds is 6. The van der Waals surface area contributed by atoms with Crippen molar-refractivity contribution in [2.24, 2.45) is 0 Å². The molecule has 0 aliphatic heterocycles. The molecule has 0 amide bonds. The van der Waals surface area contributed by atoms with Crippen LogP contribution in [-0.2, 0) is 0 Å². The normalized spacial score (nSPS) is 10.2. The second kappa shape index (κ2) is 6.07. The number of nitrogen functional groups attached to an aromatic ring is 1. The molecule has 0 saturated carbocycles. The van der Waals surface area contributed by atoms with Gasteiger partial charge in [-0.1, -0.05) is 0 Å². The van der Waals surface area contributed by atoms with E-state index in [1.165, 1.54) is 6.07 Å². The lowest BCUT2D eigenvalue weighted by Crippen LogP contribution is -2.31. The van der Waals surface area contributed by atoms with Crippen molar-refractivity contribution in [3.63, 3.8) is 0 Å². The Hall–Kier alpha value is -1.79. The van der Waals surface area contributed by atoms with Gasteiger partial charge < -0.3 is 26.0 Å². The molecule has 6 nitrogen and oxygen atoms in total. The molecule has 0 atom stereocenters. The molecular formula is C11H16N2O4. The lowest BCUT2D eigenvalue weighted by atomic mass is 10.1. The Morgan fingerprint density at radius 2 is 1.82 bits per heavy atom. The van der Waals surface area contributed by atoms with E-state index in [1.807, 2.05) is 0 Å². The van der Waals surface area contributed by atoms with Gasteiger partial charge in [-0.05, 0) is 18.2 Å². The Morgan fingerprint density at radius 3 is 2.29 bits per heavy atom. The first kappa shape index (κ1) is 13.3. The number of anilines is 2. The number of aliphatic hydroxyl groups is 2.